The Morgan fingerprint density at radius 2 is 1.40 bits per heavy atom. The highest BCUT2D eigenvalue weighted by atomic mass is 16.5. The van der Waals surface area contributed by atoms with Gasteiger partial charge >= 0.3 is 0 Å². The zero-order valence-electron chi connectivity index (χ0n) is 16.6. The van der Waals surface area contributed by atoms with Crippen LogP contribution in [-0.2, 0) is 4.79 Å². The summed E-state index contributed by atoms with van der Waals surface area (Å²) >= 11 is 0. The van der Waals surface area contributed by atoms with Crippen LogP contribution in [0.15, 0.2) is 36.4 Å². The van der Waals surface area contributed by atoms with Gasteiger partial charge in [-0.1, -0.05) is 0 Å². The topological polar surface area (TPSA) is 149 Å². The van der Waals surface area contributed by atoms with Gasteiger partial charge in [-0.25, -0.2) is 0 Å². The third-order valence-corrected chi connectivity index (χ3v) is 3.91. The molecule has 10 heteroatoms. The number of hydrogen-bond donors (Lipinski definition) is 4. The van der Waals surface area contributed by atoms with Crippen LogP contribution in [-0.4, -0.2) is 56.7 Å². The highest BCUT2D eigenvalue weighted by molar-refractivity contribution is 5.96. The number of nitrogens with two attached hydrogens (primary N) is 1. The molecule has 0 radical (unpaired) electrons. The lowest BCUT2D eigenvalue weighted by atomic mass is 10.1. The first kappa shape index (κ1) is 22.3. The van der Waals surface area contributed by atoms with Crippen LogP contribution in [0.5, 0.6) is 23.0 Å². The third-order valence-electron chi connectivity index (χ3n) is 3.91. The van der Waals surface area contributed by atoms with Crippen molar-refractivity contribution in [3.63, 3.8) is 0 Å². The van der Waals surface area contributed by atoms with Gasteiger partial charge in [0, 0.05) is 24.2 Å². The van der Waals surface area contributed by atoms with Crippen LogP contribution in [0, 0.1) is 0 Å². The van der Waals surface area contributed by atoms with Gasteiger partial charge in [0.15, 0.2) is 18.1 Å². The van der Waals surface area contributed by atoms with E-state index in [-0.39, 0.29) is 54.2 Å². The second kappa shape index (κ2) is 10.6. The maximum absolute atomic E-state index is 12.4. The molecule has 2 rings (SSSR count). The molecular weight excluding hydrogens is 394 g/mol. The van der Waals surface area contributed by atoms with Gasteiger partial charge in [0.1, 0.15) is 5.75 Å². The van der Waals surface area contributed by atoms with Crippen molar-refractivity contribution >= 4 is 17.7 Å². The minimum Gasteiger partial charge on any atom is -0.508 e. The molecule has 5 N–H and O–H groups in total. The molecule has 0 aliphatic rings. The van der Waals surface area contributed by atoms with E-state index in [9.17, 15) is 19.5 Å². The Kier molecular flexibility index (Phi) is 7.86. The number of amides is 3. The number of phenolic OH excluding ortho intramolecular Hbond substituents is 1. The van der Waals surface area contributed by atoms with Crippen molar-refractivity contribution in [1.29, 1.82) is 0 Å². The lowest BCUT2D eigenvalue weighted by Gasteiger charge is -2.15. The van der Waals surface area contributed by atoms with Gasteiger partial charge in [-0.05, 0) is 36.4 Å². The molecule has 0 fully saturated rings. The van der Waals surface area contributed by atoms with E-state index in [1.807, 2.05) is 0 Å². The molecule has 0 aliphatic heterocycles. The number of primary amides is 1. The molecule has 0 spiro atoms. The van der Waals surface area contributed by atoms with Crippen molar-refractivity contribution in [2.75, 3.05) is 33.9 Å². The molecule has 0 atom stereocenters. The third kappa shape index (κ3) is 6.03. The lowest BCUT2D eigenvalue weighted by molar-refractivity contribution is -0.120. The first-order chi connectivity index (χ1) is 14.3. The van der Waals surface area contributed by atoms with Crippen molar-refractivity contribution in [2.45, 2.75) is 0 Å². The monoisotopic (exact) mass is 417 g/mol. The van der Waals surface area contributed by atoms with Crippen molar-refractivity contribution < 1.29 is 33.7 Å². The largest absolute Gasteiger partial charge is 0.508 e. The first-order valence-corrected chi connectivity index (χ1v) is 8.88. The predicted molar refractivity (Wildman–Crippen MR) is 107 cm³/mol. The van der Waals surface area contributed by atoms with Crippen molar-refractivity contribution in [2.24, 2.45) is 5.73 Å². The quantitative estimate of drug-likeness (QED) is 0.410. The average molecular weight is 417 g/mol. The van der Waals surface area contributed by atoms with Crippen LogP contribution in [0.4, 0.5) is 0 Å². The summed E-state index contributed by atoms with van der Waals surface area (Å²) in [4.78, 5) is 35.4. The van der Waals surface area contributed by atoms with Gasteiger partial charge in [-0.15, -0.1) is 0 Å². The summed E-state index contributed by atoms with van der Waals surface area (Å²) in [7, 11) is 2.76. The molecule has 3 amide bonds. The summed E-state index contributed by atoms with van der Waals surface area (Å²) in [6.45, 7) is -0.00820. The van der Waals surface area contributed by atoms with E-state index in [4.69, 9.17) is 19.9 Å². The Bertz CT molecular complexity index is 888. The van der Waals surface area contributed by atoms with E-state index in [0.717, 1.165) is 0 Å². The highest BCUT2D eigenvalue weighted by Crippen LogP contribution is 2.38. The van der Waals surface area contributed by atoms with E-state index < -0.39 is 11.8 Å². The number of nitrogens with one attached hydrogen (secondary N) is 2. The first-order valence-electron chi connectivity index (χ1n) is 8.88. The van der Waals surface area contributed by atoms with Crippen molar-refractivity contribution in [3.05, 3.63) is 47.5 Å². The van der Waals surface area contributed by atoms with E-state index in [2.05, 4.69) is 10.6 Å². The maximum Gasteiger partial charge on any atom is 0.255 e. The fourth-order valence-corrected chi connectivity index (χ4v) is 2.47. The van der Waals surface area contributed by atoms with E-state index >= 15 is 0 Å². The van der Waals surface area contributed by atoms with E-state index in [0.29, 0.717) is 5.56 Å². The minimum absolute atomic E-state index is 0.0655. The van der Waals surface area contributed by atoms with Crippen LogP contribution in [0.2, 0.25) is 0 Å². The standard InChI is InChI=1S/C20H23N3O7/c1-28-15-9-13(10-16(29-2)18(15)30-11-17(21)25)20(27)23-8-7-22-19(26)12-3-5-14(24)6-4-12/h3-6,9-10,24H,7-8,11H2,1-2H3,(H2,21,25)(H,22,26)(H,23,27). The fraction of sp³-hybridized carbons (Fsp3) is 0.250. The summed E-state index contributed by atoms with van der Waals surface area (Å²) in [5.74, 6) is -0.819. The van der Waals surface area contributed by atoms with Crippen molar-refractivity contribution in [3.8, 4) is 23.0 Å². The van der Waals surface area contributed by atoms with E-state index in [1.54, 1.807) is 0 Å². The van der Waals surface area contributed by atoms with Crippen LogP contribution in [0.1, 0.15) is 20.7 Å². The molecule has 2 aromatic rings. The SMILES string of the molecule is COc1cc(C(=O)NCCNC(=O)c2ccc(O)cc2)cc(OC)c1OCC(N)=O. The van der Waals surface area contributed by atoms with E-state index in [1.165, 1.54) is 50.6 Å². The maximum atomic E-state index is 12.4. The molecule has 0 aliphatic carbocycles. The summed E-state index contributed by atoms with van der Waals surface area (Å²) in [6.07, 6.45) is 0. The molecule has 0 unspecified atom stereocenters. The molecule has 0 saturated carbocycles. The fourth-order valence-electron chi connectivity index (χ4n) is 2.47. The smallest absolute Gasteiger partial charge is 0.255 e. The summed E-state index contributed by atoms with van der Waals surface area (Å²) in [6, 6.07) is 8.67. The second-order valence-corrected chi connectivity index (χ2v) is 6.02. The van der Waals surface area contributed by atoms with Crippen molar-refractivity contribution in [1.82, 2.24) is 10.6 Å². The van der Waals surface area contributed by atoms with Crippen LogP contribution in [0.25, 0.3) is 0 Å². The van der Waals surface area contributed by atoms with Crippen LogP contribution < -0.4 is 30.6 Å². The second-order valence-electron chi connectivity index (χ2n) is 6.02. The van der Waals surface area contributed by atoms with Gasteiger partial charge in [0.05, 0.1) is 14.2 Å². The number of hydrogen-bond acceptors (Lipinski definition) is 7. The number of aromatic hydroxyl groups is 1. The number of benzene rings is 2. The highest BCUT2D eigenvalue weighted by Gasteiger charge is 2.18. The Morgan fingerprint density at radius 1 is 0.900 bits per heavy atom. The number of rotatable bonds is 10. The minimum atomic E-state index is -0.671. The molecular formula is C20H23N3O7. The number of methoxy groups -OCH3 is 2. The number of ether oxygens (including phenoxy) is 3. The Hall–Kier alpha value is -3.95. The molecule has 0 aromatic heterocycles. The van der Waals surface area contributed by atoms with Gasteiger partial charge in [0.25, 0.3) is 17.7 Å². The summed E-state index contributed by atoms with van der Waals surface area (Å²) < 4.78 is 15.7. The number of carbonyl (C=O) groups is 3. The molecule has 0 bridgehead atoms. The van der Waals surface area contributed by atoms with Gasteiger partial charge < -0.3 is 35.7 Å². The predicted octanol–water partition coefficient (Wildman–Crippen LogP) is 0.433. The van der Waals surface area contributed by atoms with Crippen LogP contribution >= 0.6 is 0 Å². The van der Waals surface area contributed by atoms with Gasteiger partial charge in [-0.3, -0.25) is 14.4 Å². The normalized spacial score (nSPS) is 10.1. The summed E-state index contributed by atoms with van der Waals surface area (Å²) in [5, 5.41) is 14.6. The van der Waals surface area contributed by atoms with Crippen LogP contribution in [0.3, 0.4) is 0 Å². The Balaban J connectivity index is 1.96. The Morgan fingerprint density at radius 3 is 1.87 bits per heavy atom. The average Bonchev–Trinajstić information content (AvgIpc) is 2.74. The zero-order chi connectivity index (χ0) is 22.1. The molecule has 10 nitrogen and oxygen atoms in total. The molecule has 0 saturated heterocycles. The number of carbonyl (C=O) groups excluding carboxylic acids is 3. The molecule has 30 heavy (non-hydrogen) atoms. The zero-order valence-corrected chi connectivity index (χ0v) is 16.6. The molecule has 0 heterocycles. The van der Waals surface area contributed by atoms with Gasteiger partial charge in [0.2, 0.25) is 5.75 Å². The molecule has 2 aromatic carbocycles. The lowest BCUT2D eigenvalue weighted by Crippen LogP contribution is -2.34. The number of phenols is 1. The van der Waals surface area contributed by atoms with Gasteiger partial charge in [-0.2, -0.15) is 0 Å². The summed E-state index contributed by atoms with van der Waals surface area (Å²) in [5.41, 5.74) is 5.71. The Labute approximate surface area is 172 Å². The molecule has 160 valence electrons.